The molecule has 1 aliphatic heterocycles. The van der Waals surface area contributed by atoms with Crippen molar-refractivity contribution in [3.05, 3.63) is 66.4 Å². The van der Waals surface area contributed by atoms with Gasteiger partial charge < -0.3 is 20.9 Å². The van der Waals surface area contributed by atoms with Crippen molar-refractivity contribution in [2.24, 2.45) is 0 Å². The molecule has 1 saturated heterocycles. The number of anilines is 2. The van der Waals surface area contributed by atoms with E-state index in [9.17, 15) is 4.79 Å². The second-order valence-corrected chi connectivity index (χ2v) is 9.77. The van der Waals surface area contributed by atoms with Crippen molar-refractivity contribution in [2.75, 3.05) is 44.4 Å². The first-order chi connectivity index (χ1) is 18.5. The molecule has 39 heavy (non-hydrogen) atoms. The molecular formula is C28H35N9OS. The highest BCUT2D eigenvalue weighted by Gasteiger charge is 2.18. The lowest BCUT2D eigenvalue weighted by molar-refractivity contribution is 0.0964. The van der Waals surface area contributed by atoms with Gasteiger partial charge >= 0.3 is 0 Å². The summed E-state index contributed by atoms with van der Waals surface area (Å²) in [7, 11) is 3.78. The summed E-state index contributed by atoms with van der Waals surface area (Å²) in [5, 5.41) is 10.4. The van der Waals surface area contributed by atoms with Gasteiger partial charge in [0.1, 0.15) is 12.1 Å². The van der Waals surface area contributed by atoms with Crippen molar-refractivity contribution < 1.29 is 4.79 Å². The molecule has 3 N–H and O–H groups in total. The van der Waals surface area contributed by atoms with Crippen LogP contribution in [0.4, 0.5) is 11.8 Å². The van der Waals surface area contributed by atoms with Gasteiger partial charge in [-0.05, 0) is 44.6 Å². The number of carbonyl (C=O) groups is 1. The number of hydrogen-bond acceptors (Lipinski definition) is 9. The second-order valence-electron chi connectivity index (χ2n) is 9.77. The minimum absolute atomic E-state index is 0. The third kappa shape index (κ3) is 6.61. The summed E-state index contributed by atoms with van der Waals surface area (Å²) in [5.41, 5.74) is 4.10. The first-order valence-electron chi connectivity index (χ1n) is 12.9. The van der Waals surface area contributed by atoms with Crippen molar-refractivity contribution in [2.45, 2.75) is 31.7 Å². The third-order valence-corrected chi connectivity index (χ3v) is 7.06. The molecule has 0 unspecified atom stereocenters. The number of amides is 1. The van der Waals surface area contributed by atoms with E-state index in [1.807, 2.05) is 18.2 Å². The molecule has 0 saturated carbocycles. The van der Waals surface area contributed by atoms with Crippen LogP contribution in [0.2, 0.25) is 0 Å². The lowest BCUT2D eigenvalue weighted by Gasteiger charge is -2.29. The minimum Gasteiger partial charge on any atom is -0.369 e. The Kier molecular flexibility index (Phi) is 9.26. The van der Waals surface area contributed by atoms with Gasteiger partial charge in [0.05, 0.1) is 16.8 Å². The average Bonchev–Trinajstić information content (AvgIpc) is 2.96. The molecule has 1 amide bonds. The number of fused-ring (bicyclic) bond motifs is 1. The maximum Gasteiger partial charge on any atom is 0.251 e. The first-order valence-corrected chi connectivity index (χ1v) is 12.9. The molecule has 4 heterocycles. The van der Waals surface area contributed by atoms with E-state index in [2.05, 4.69) is 65.8 Å². The number of pyridine rings is 1. The molecule has 3 aromatic heterocycles. The molecule has 1 aliphatic rings. The van der Waals surface area contributed by atoms with E-state index in [1.165, 1.54) is 0 Å². The normalized spacial score (nSPS) is 14.8. The van der Waals surface area contributed by atoms with Crippen molar-refractivity contribution in [3.8, 4) is 11.3 Å². The van der Waals surface area contributed by atoms with E-state index in [0.29, 0.717) is 24.1 Å². The number of hydrogen-bond donors (Lipinski definition) is 3. The van der Waals surface area contributed by atoms with Crippen LogP contribution in [0.1, 0.15) is 41.6 Å². The zero-order valence-corrected chi connectivity index (χ0v) is 23.5. The van der Waals surface area contributed by atoms with Crippen LogP contribution in [-0.2, 0) is 0 Å². The van der Waals surface area contributed by atoms with Crippen molar-refractivity contribution in [1.29, 1.82) is 0 Å². The van der Waals surface area contributed by atoms with Crippen LogP contribution in [0.5, 0.6) is 0 Å². The molecule has 4 aromatic rings. The zero-order chi connectivity index (χ0) is 26.5. The number of carbonyl (C=O) groups excluding carboxylic acids is 1. The quantitative estimate of drug-likeness (QED) is 0.304. The molecule has 10 nitrogen and oxygen atoms in total. The Labute approximate surface area is 235 Å². The Bertz CT molecular complexity index is 1410. The number of likely N-dealkylation sites (tertiary alicyclic amines) is 1. The Hall–Kier alpha value is -3.83. The molecule has 1 atom stereocenters. The first kappa shape index (κ1) is 28.2. The Balaban J connectivity index is 0.00000353. The van der Waals surface area contributed by atoms with Gasteiger partial charge in [0.25, 0.3) is 5.91 Å². The number of rotatable bonds is 8. The van der Waals surface area contributed by atoms with Gasteiger partial charge in [-0.1, -0.05) is 25.1 Å². The number of benzene rings is 1. The van der Waals surface area contributed by atoms with Crippen LogP contribution in [0.25, 0.3) is 22.2 Å². The highest BCUT2D eigenvalue weighted by Crippen LogP contribution is 2.27. The SMILES string of the molecule is CNC(=O)c1ccnc2c([C@H](C)CNc3cc(-c4cnc(NC5CCN(C)CC5)nc4)ncn3)cccc12.S. The van der Waals surface area contributed by atoms with Gasteiger partial charge in [-0.2, -0.15) is 13.5 Å². The lowest BCUT2D eigenvalue weighted by atomic mass is 9.96. The smallest absolute Gasteiger partial charge is 0.251 e. The molecule has 0 bridgehead atoms. The van der Waals surface area contributed by atoms with Crippen molar-refractivity contribution in [1.82, 2.24) is 35.1 Å². The molecule has 1 fully saturated rings. The fraction of sp³-hybridized carbons (Fsp3) is 0.357. The van der Waals surface area contributed by atoms with Crippen molar-refractivity contribution >= 4 is 42.1 Å². The van der Waals surface area contributed by atoms with Crippen LogP contribution >= 0.6 is 13.5 Å². The van der Waals surface area contributed by atoms with E-state index >= 15 is 0 Å². The largest absolute Gasteiger partial charge is 0.369 e. The van der Waals surface area contributed by atoms with E-state index in [0.717, 1.165) is 59.5 Å². The summed E-state index contributed by atoms with van der Waals surface area (Å²) in [5.74, 6) is 1.36. The van der Waals surface area contributed by atoms with Crippen LogP contribution in [-0.4, -0.2) is 75.5 Å². The number of para-hydroxylation sites is 1. The zero-order valence-electron chi connectivity index (χ0n) is 22.5. The van der Waals surface area contributed by atoms with Crippen LogP contribution < -0.4 is 16.0 Å². The monoisotopic (exact) mass is 545 g/mol. The molecule has 0 aliphatic carbocycles. The second kappa shape index (κ2) is 12.8. The number of aromatic nitrogens is 5. The Morgan fingerprint density at radius 1 is 1.08 bits per heavy atom. The molecule has 11 heteroatoms. The number of nitrogens with one attached hydrogen (secondary N) is 3. The lowest BCUT2D eigenvalue weighted by Crippen LogP contribution is -2.37. The fourth-order valence-electron chi connectivity index (χ4n) is 4.78. The highest BCUT2D eigenvalue weighted by atomic mass is 32.1. The summed E-state index contributed by atoms with van der Waals surface area (Å²) < 4.78 is 0. The Morgan fingerprint density at radius 3 is 2.59 bits per heavy atom. The predicted octanol–water partition coefficient (Wildman–Crippen LogP) is 3.68. The Morgan fingerprint density at radius 2 is 1.85 bits per heavy atom. The van der Waals surface area contributed by atoms with E-state index in [4.69, 9.17) is 0 Å². The van der Waals surface area contributed by atoms with E-state index in [1.54, 1.807) is 38.0 Å². The maximum atomic E-state index is 12.3. The molecule has 1 aromatic carbocycles. The maximum absolute atomic E-state index is 12.3. The highest BCUT2D eigenvalue weighted by molar-refractivity contribution is 7.59. The standard InChI is InChI=1S/C28H33N9O.H2S/c1-18(21-5-4-6-22-23(27(38)29-2)7-10-30-26(21)22)14-31-25-13-24(34-17-35-25)19-15-32-28(33-16-19)36-20-8-11-37(3)12-9-20;/h4-7,10,13,15-18,20H,8-9,11-12,14H2,1-3H3,(H,29,38)(H,31,34,35)(H,32,33,36);1H2/t18-;/m1./s1. The van der Waals surface area contributed by atoms with Gasteiger partial charge in [-0.15, -0.1) is 0 Å². The summed E-state index contributed by atoms with van der Waals surface area (Å²) in [6.07, 6.45) is 9.00. The number of piperidine rings is 1. The summed E-state index contributed by atoms with van der Waals surface area (Å²) >= 11 is 0. The van der Waals surface area contributed by atoms with Crippen LogP contribution in [0.15, 0.2) is 55.2 Å². The number of nitrogens with zero attached hydrogens (tertiary/aromatic N) is 6. The minimum atomic E-state index is -0.122. The van der Waals surface area contributed by atoms with Crippen LogP contribution in [0.3, 0.4) is 0 Å². The van der Waals surface area contributed by atoms with E-state index < -0.39 is 0 Å². The molecule has 0 spiro atoms. The van der Waals surface area contributed by atoms with Crippen molar-refractivity contribution in [3.63, 3.8) is 0 Å². The summed E-state index contributed by atoms with van der Waals surface area (Å²) in [6.45, 7) is 4.93. The molecular weight excluding hydrogens is 510 g/mol. The fourth-order valence-corrected chi connectivity index (χ4v) is 4.78. The van der Waals surface area contributed by atoms with Gasteiger partial charge in [0.15, 0.2) is 0 Å². The summed E-state index contributed by atoms with van der Waals surface area (Å²) in [4.78, 5) is 37.1. The van der Waals surface area contributed by atoms with Gasteiger partial charge in [-0.25, -0.2) is 19.9 Å². The molecule has 204 valence electrons. The third-order valence-electron chi connectivity index (χ3n) is 7.06. The van der Waals surface area contributed by atoms with E-state index in [-0.39, 0.29) is 25.3 Å². The predicted molar refractivity (Wildman–Crippen MR) is 160 cm³/mol. The van der Waals surface area contributed by atoms with Gasteiger partial charge in [0, 0.05) is 61.2 Å². The average molecular weight is 546 g/mol. The molecule has 5 rings (SSSR count). The topological polar surface area (TPSA) is 121 Å². The molecule has 0 radical (unpaired) electrons. The van der Waals surface area contributed by atoms with Crippen LogP contribution in [0, 0.1) is 0 Å². The van der Waals surface area contributed by atoms with Gasteiger partial charge in [-0.3, -0.25) is 9.78 Å². The van der Waals surface area contributed by atoms with Gasteiger partial charge in [0.2, 0.25) is 5.95 Å². The summed E-state index contributed by atoms with van der Waals surface area (Å²) in [6, 6.07) is 10.0.